The monoisotopic (exact) mass is 242 g/mol. The standard InChI is InChI=1S/C13H22O4/c1-3-13(8-6-5-7-9-13)12(15)17-10-11(14)16-4-2/h3-10H2,1-2H3. The quantitative estimate of drug-likeness (QED) is 0.695. The smallest absolute Gasteiger partial charge is 0.344 e. The highest BCUT2D eigenvalue weighted by molar-refractivity contribution is 5.80. The van der Waals surface area contributed by atoms with Gasteiger partial charge in [-0.05, 0) is 26.2 Å². The molecule has 1 saturated carbocycles. The van der Waals surface area contributed by atoms with Crippen LogP contribution in [0.1, 0.15) is 52.4 Å². The topological polar surface area (TPSA) is 52.6 Å². The van der Waals surface area contributed by atoms with Crippen molar-refractivity contribution in [2.45, 2.75) is 52.4 Å². The van der Waals surface area contributed by atoms with Gasteiger partial charge in [-0.15, -0.1) is 0 Å². The molecule has 98 valence electrons. The van der Waals surface area contributed by atoms with Gasteiger partial charge in [0.15, 0.2) is 6.61 Å². The molecule has 0 amide bonds. The maximum Gasteiger partial charge on any atom is 0.344 e. The van der Waals surface area contributed by atoms with Gasteiger partial charge in [0, 0.05) is 0 Å². The Kier molecular flexibility index (Phi) is 5.45. The van der Waals surface area contributed by atoms with E-state index in [1.165, 1.54) is 6.42 Å². The highest BCUT2D eigenvalue weighted by Crippen LogP contribution is 2.40. The summed E-state index contributed by atoms with van der Waals surface area (Å²) in [5.41, 5.74) is -0.356. The van der Waals surface area contributed by atoms with Gasteiger partial charge in [-0.2, -0.15) is 0 Å². The fourth-order valence-corrected chi connectivity index (χ4v) is 2.41. The molecule has 4 nitrogen and oxygen atoms in total. The van der Waals surface area contributed by atoms with E-state index in [0.29, 0.717) is 6.61 Å². The van der Waals surface area contributed by atoms with Gasteiger partial charge in [0.25, 0.3) is 0 Å². The number of hydrogen-bond acceptors (Lipinski definition) is 4. The first-order chi connectivity index (χ1) is 8.14. The molecule has 1 fully saturated rings. The van der Waals surface area contributed by atoms with Crippen LogP contribution >= 0.6 is 0 Å². The van der Waals surface area contributed by atoms with Gasteiger partial charge in [-0.1, -0.05) is 26.2 Å². The molecular weight excluding hydrogens is 220 g/mol. The first-order valence-corrected chi connectivity index (χ1v) is 6.47. The van der Waals surface area contributed by atoms with Crippen molar-refractivity contribution in [1.82, 2.24) is 0 Å². The van der Waals surface area contributed by atoms with Crippen LogP contribution in [0.15, 0.2) is 0 Å². The summed E-state index contributed by atoms with van der Waals surface area (Å²) < 4.78 is 9.81. The lowest BCUT2D eigenvalue weighted by Gasteiger charge is -2.33. The molecule has 1 aliphatic carbocycles. The van der Waals surface area contributed by atoms with Crippen LogP contribution in [0.4, 0.5) is 0 Å². The predicted octanol–water partition coefficient (Wildman–Crippen LogP) is 2.45. The molecule has 0 aromatic carbocycles. The maximum atomic E-state index is 12.0. The molecule has 1 rings (SSSR count). The summed E-state index contributed by atoms with van der Waals surface area (Å²) in [4.78, 5) is 23.2. The van der Waals surface area contributed by atoms with Gasteiger partial charge in [0.1, 0.15) is 0 Å². The summed E-state index contributed by atoms with van der Waals surface area (Å²) in [7, 11) is 0. The second-order valence-corrected chi connectivity index (χ2v) is 4.58. The van der Waals surface area contributed by atoms with E-state index in [2.05, 4.69) is 0 Å². The van der Waals surface area contributed by atoms with Crippen LogP contribution in [0.2, 0.25) is 0 Å². The van der Waals surface area contributed by atoms with Crippen molar-refractivity contribution in [3.05, 3.63) is 0 Å². The Morgan fingerprint density at radius 2 is 1.71 bits per heavy atom. The van der Waals surface area contributed by atoms with E-state index in [0.717, 1.165) is 32.1 Å². The summed E-state index contributed by atoms with van der Waals surface area (Å²) in [6.07, 6.45) is 5.88. The summed E-state index contributed by atoms with van der Waals surface area (Å²) in [6.45, 7) is 3.80. The Hall–Kier alpha value is -1.06. The summed E-state index contributed by atoms with van der Waals surface area (Å²) in [6, 6.07) is 0. The normalized spacial score (nSPS) is 18.5. The lowest BCUT2D eigenvalue weighted by molar-refractivity contribution is -0.167. The van der Waals surface area contributed by atoms with Crippen LogP contribution in [0.5, 0.6) is 0 Å². The largest absolute Gasteiger partial charge is 0.463 e. The zero-order chi connectivity index (χ0) is 12.7. The van der Waals surface area contributed by atoms with Crippen LogP contribution < -0.4 is 0 Å². The Balaban J connectivity index is 2.46. The third kappa shape index (κ3) is 3.72. The first-order valence-electron chi connectivity index (χ1n) is 6.47. The highest BCUT2D eigenvalue weighted by atomic mass is 16.6. The SMILES string of the molecule is CCOC(=O)COC(=O)C1(CC)CCCCC1. The molecule has 0 aromatic rings. The lowest BCUT2D eigenvalue weighted by Crippen LogP contribution is -2.35. The van der Waals surface area contributed by atoms with Crippen LogP contribution in [-0.4, -0.2) is 25.2 Å². The van der Waals surface area contributed by atoms with Crippen molar-refractivity contribution in [2.24, 2.45) is 5.41 Å². The van der Waals surface area contributed by atoms with Gasteiger partial charge >= 0.3 is 11.9 Å². The van der Waals surface area contributed by atoms with Gasteiger partial charge in [0.2, 0.25) is 0 Å². The number of hydrogen-bond donors (Lipinski definition) is 0. The van der Waals surface area contributed by atoms with Gasteiger partial charge in [-0.3, -0.25) is 4.79 Å². The fourth-order valence-electron chi connectivity index (χ4n) is 2.41. The Labute approximate surface area is 103 Å². The zero-order valence-corrected chi connectivity index (χ0v) is 10.8. The van der Waals surface area contributed by atoms with Gasteiger partial charge < -0.3 is 9.47 Å². The molecule has 4 heteroatoms. The number of ether oxygens (including phenoxy) is 2. The summed E-state index contributed by atoms with van der Waals surface area (Å²) in [5, 5.41) is 0. The highest BCUT2D eigenvalue weighted by Gasteiger charge is 2.39. The molecule has 0 unspecified atom stereocenters. The van der Waals surface area contributed by atoms with Crippen molar-refractivity contribution in [3.8, 4) is 0 Å². The van der Waals surface area contributed by atoms with Crippen molar-refractivity contribution < 1.29 is 19.1 Å². The third-order valence-corrected chi connectivity index (χ3v) is 3.55. The van der Waals surface area contributed by atoms with Gasteiger partial charge in [0.05, 0.1) is 12.0 Å². The molecule has 0 aromatic heterocycles. The van der Waals surface area contributed by atoms with Crippen LogP contribution in [0, 0.1) is 5.41 Å². The van der Waals surface area contributed by atoms with E-state index in [9.17, 15) is 9.59 Å². The molecule has 0 aliphatic heterocycles. The Morgan fingerprint density at radius 1 is 1.06 bits per heavy atom. The first kappa shape index (κ1) is 14.0. The summed E-state index contributed by atoms with van der Waals surface area (Å²) in [5.74, 6) is -0.698. The maximum absolute atomic E-state index is 12.0. The van der Waals surface area contributed by atoms with E-state index in [4.69, 9.17) is 9.47 Å². The molecule has 1 aliphatic rings. The molecule has 0 bridgehead atoms. The molecular formula is C13H22O4. The average molecular weight is 242 g/mol. The third-order valence-electron chi connectivity index (χ3n) is 3.55. The molecule has 0 radical (unpaired) electrons. The predicted molar refractivity (Wildman–Crippen MR) is 63.4 cm³/mol. The van der Waals surface area contributed by atoms with E-state index < -0.39 is 5.97 Å². The number of carbonyl (C=O) groups is 2. The van der Waals surface area contributed by atoms with Crippen molar-refractivity contribution in [1.29, 1.82) is 0 Å². The minimum Gasteiger partial charge on any atom is -0.463 e. The van der Waals surface area contributed by atoms with E-state index in [1.54, 1.807) is 6.92 Å². The van der Waals surface area contributed by atoms with Crippen molar-refractivity contribution in [3.63, 3.8) is 0 Å². The molecule has 0 heterocycles. The minimum absolute atomic E-state index is 0.229. The second kappa shape index (κ2) is 6.62. The van der Waals surface area contributed by atoms with Crippen molar-refractivity contribution in [2.75, 3.05) is 13.2 Å². The number of esters is 2. The fraction of sp³-hybridized carbons (Fsp3) is 0.846. The Morgan fingerprint density at radius 3 is 2.24 bits per heavy atom. The van der Waals surface area contributed by atoms with Crippen LogP contribution in [-0.2, 0) is 19.1 Å². The van der Waals surface area contributed by atoms with E-state index in [-0.39, 0.29) is 18.0 Å². The van der Waals surface area contributed by atoms with Crippen LogP contribution in [0.3, 0.4) is 0 Å². The molecule has 17 heavy (non-hydrogen) atoms. The lowest BCUT2D eigenvalue weighted by atomic mass is 9.72. The van der Waals surface area contributed by atoms with Crippen molar-refractivity contribution >= 4 is 11.9 Å². The van der Waals surface area contributed by atoms with E-state index >= 15 is 0 Å². The second-order valence-electron chi connectivity index (χ2n) is 4.58. The summed E-state index contributed by atoms with van der Waals surface area (Å²) >= 11 is 0. The average Bonchev–Trinajstić information content (AvgIpc) is 2.37. The molecule has 0 N–H and O–H groups in total. The Bertz CT molecular complexity index is 267. The minimum atomic E-state index is -0.470. The number of rotatable bonds is 5. The van der Waals surface area contributed by atoms with Gasteiger partial charge in [-0.25, -0.2) is 4.79 Å². The molecule has 0 spiro atoms. The van der Waals surface area contributed by atoms with Crippen LogP contribution in [0.25, 0.3) is 0 Å². The molecule has 0 atom stereocenters. The van der Waals surface area contributed by atoms with E-state index in [1.807, 2.05) is 6.92 Å². The number of carbonyl (C=O) groups excluding carboxylic acids is 2. The molecule has 0 saturated heterocycles. The zero-order valence-electron chi connectivity index (χ0n) is 10.8.